The van der Waals surface area contributed by atoms with Gasteiger partial charge >= 0.3 is 0 Å². The molecule has 0 spiro atoms. The zero-order valence-electron chi connectivity index (χ0n) is 17.0. The van der Waals surface area contributed by atoms with Crippen LogP contribution in [0.3, 0.4) is 0 Å². The van der Waals surface area contributed by atoms with E-state index < -0.39 is 0 Å². The van der Waals surface area contributed by atoms with Crippen LogP contribution in [-0.4, -0.2) is 41.2 Å². The van der Waals surface area contributed by atoms with Crippen LogP contribution < -0.4 is 5.32 Å². The Labute approximate surface area is 178 Å². The van der Waals surface area contributed by atoms with E-state index >= 15 is 0 Å². The largest absolute Gasteiger partial charge is 0.356 e. The summed E-state index contributed by atoms with van der Waals surface area (Å²) in [5, 5.41) is 10.7. The molecular formula is C23H20N8. The van der Waals surface area contributed by atoms with Gasteiger partial charge in [-0.1, -0.05) is 6.07 Å². The van der Waals surface area contributed by atoms with Gasteiger partial charge in [-0.05, 0) is 43.7 Å². The number of anilines is 1. The number of rotatable bonds is 3. The summed E-state index contributed by atoms with van der Waals surface area (Å²) in [6, 6.07) is 12.0. The third-order valence-corrected chi connectivity index (χ3v) is 5.59. The lowest BCUT2D eigenvalue weighted by Crippen LogP contribution is -2.17. The summed E-state index contributed by atoms with van der Waals surface area (Å²) < 4.78 is 2.20. The average molecular weight is 408 g/mol. The highest BCUT2D eigenvalue weighted by Crippen LogP contribution is 2.31. The molecular weight excluding hydrogens is 388 g/mol. The van der Waals surface area contributed by atoms with Gasteiger partial charge < -0.3 is 9.88 Å². The molecule has 0 radical (unpaired) electrons. The first-order chi connectivity index (χ1) is 15.3. The van der Waals surface area contributed by atoms with Crippen molar-refractivity contribution in [3.8, 4) is 33.9 Å². The van der Waals surface area contributed by atoms with Gasteiger partial charge in [-0.3, -0.25) is 15.1 Å². The minimum atomic E-state index is 0.829. The van der Waals surface area contributed by atoms with Gasteiger partial charge in [-0.25, -0.2) is 9.97 Å². The smallest absolute Gasteiger partial charge is 0.203 e. The zero-order chi connectivity index (χ0) is 20.8. The molecule has 1 aliphatic rings. The van der Waals surface area contributed by atoms with E-state index in [4.69, 9.17) is 4.98 Å². The molecule has 2 N–H and O–H groups in total. The average Bonchev–Trinajstić information content (AvgIpc) is 3.46. The number of imidazole rings is 1. The third-order valence-electron chi connectivity index (χ3n) is 5.59. The van der Waals surface area contributed by atoms with Gasteiger partial charge in [0.05, 0.1) is 46.2 Å². The maximum atomic E-state index is 4.91. The molecule has 0 atom stereocenters. The van der Waals surface area contributed by atoms with Gasteiger partial charge in [-0.15, -0.1) is 0 Å². The van der Waals surface area contributed by atoms with E-state index in [0.29, 0.717) is 0 Å². The van der Waals surface area contributed by atoms with E-state index in [9.17, 15) is 0 Å². The maximum Gasteiger partial charge on any atom is 0.203 e. The lowest BCUT2D eigenvalue weighted by atomic mass is 10.1. The first-order valence-electron chi connectivity index (χ1n) is 10.3. The molecule has 8 nitrogen and oxygen atoms in total. The second-order valence-corrected chi connectivity index (χ2v) is 7.68. The fourth-order valence-corrected chi connectivity index (χ4v) is 4.07. The van der Waals surface area contributed by atoms with Crippen LogP contribution in [0.15, 0.2) is 55.0 Å². The van der Waals surface area contributed by atoms with Crippen LogP contribution >= 0.6 is 0 Å². The van der Waals surface area contributed by atoms with Crippen LogP contribution in [-0.2, 0) is 6.54 Å². The number of nitrogens with zero attached hydrogens (tertiary/aromatic N) is 6. The third kappa shape index (κ3) is 3.04. The van der Waals surface area contributed by atoms with E-state index in [1.54, 1.807) is 6.20 Å². The molecule has 1 aliphatic heterocycles. The molecule has 0 saturated heterocycles. The van der Waals surface area contributed by atoms with Crippen molar-refractivity contribution in [3.63, 3.8) is 0 Å². The van der Waals surface area contributed by atoms with E-state index in [2.05, 4.69) is 41.1 Å². The lowest BCUT2D eigenvalue weighted by molar-refractivity contribution is 0.632. The molecule has 8 heteroatoms. The van der Waals surface area contributed by atoms with E-state index in [-0.39, 0.29) is 0 Å². The van der Waals surface area contributed by atoms with Crippen molar-refractivity contribution < 1.29 is 0 Å². The molecule has 0 unspecified atom stereocenters. The summed E-state index contributed by atoms with van der Waals surface area (Å²) in [6.45, 7) is 3.89. The Morgan fingerprint density at radius 3 is 2.84 bits per heavy atom. The molecule has 0 fully saturated rings. The highest BCUT2D eigenvalue weighted by Gasteiger charge is 2.17. The minimum Gasteiger partial charge on any atom is -0.356 e. The molecule has 0 amide bonds. The summed E-state index contributed by atoms with van der Waals surface area (Å²) in [5.74, 6) is 0.914. The Hall–Kier alpha value is -4.07. The van der Waals surface area contributed by atoms with Gasteiger partial charge in [0.2, 0.25) is 5.95 Å². The SMILES string of the molecule is Cc1cccc(-c2[nH]ncc2-c2ccc3ncc(-c4cnc5n4CCCN5)cc3n2)n1. The zero-order valence-corrected chi connectivity index (χ0v) is 17.0. The van der Waals surface area contributed by atoms with Crippen molar-refractivity contribution in [3.05, 3.63) is 60.7 Å². The molecule has 6 heterocycles. The maximum absolute atomic E-state index is 4.91. The summed E-state index contributed by atoms with van der Waals surface area (Å²) >= 11 is 0. The van der Waals surface area contributed by atoms with E-state index in [1.807, 2.05) is 49.6 Å². The highest BCUT2D eigenvalue weighted by molar-refractivity contribution is 5.84. The molecule has 152 valence electrons. The van der Waals surface area contributed by atoms with Crippen LogP contribution in [0.1, 0.15) is 12.1 Å². The van der Waals surface area contributed by atoms with Gasteiger partial charge in [0.15, 0.2) is 0 Å². The second-order valence-electron chi connectivity index (χ2n) is 7.68. The fourth-order valence-electron chi connectivity index (χ4n) is 4.07. The quantitative estimate of drug-likeness (QED) is 0.467. The van der Waals surface area contributed by atoms with Crippen molar-refractivity contribution in [1.29, 1.82) is 0 Å². The first kappa shape index (κ1) is 17.8. The normalized spacial score (nSPS) is 13.2. The Bertz CT molecular complexity index is 1410. The number of hydrogen-bond acceptors (Lipinski definition) is 6. The topological polar surface area (TPSA) is 97.2 Å². The van der Waals surface area contributed by atoms with E-state index in [1.165, 1.54) is 0 Å². The first-order valence-corrected chi connectivity index (χ1v) is 10.3. The minimum absolute atomic E-state index is 0.829. The predicted octanol–water partition coefficient (Wildman–Crippen LogP) is 4.07. The Balaban J connectivity index is 1.44. The number of aromatic amines is 1. The van der Waals surface area contributed by atoms with Crippen LogP contribution in [0.25, 0.3) is 44.9 Å². The highest BCUT2D eigenvalue weighted by atomic mass is 15.2. The molecule has 6 rings (SSSR count). The van der Waals surface area contributed by atoms with Crippen LogP contribution in [0, 0.1) is 6.92 Å². The summed E-state index contributed by atoms with van der Waals surface area (Å²) in [5.41, 5.74) is 8.14. The Morgan fingerprint density at radius 2 is 1.90 bits per heavy atom. The second kappa shape index (κ2) is 7.02. The van der Waals surface area contributed by atoms with Gasteiger partial charge in [0, 0.05) is 36.1 Å². The van der Waals surface area contributed by atoms with Crippen LogP contribution in [0.4, 0.5) is 5.95 Å². The number of nitrogens with one attached hydrogen (secondary N) is 2. The molecule has 5 aromatic rings. The van der Waals surface area contributed by atoms with Crippen molar-refractivity contribution in [2.75, 3.05) is 11.9 Å². The molecule has 0 aliphatic carbocycles. The molecule has 0 bridgehead atoms. The van der Waals surface area contributed by atoms with Gasteiger partial charge in [-0.2, -0.15) is 5.10 Å². The summed E-state index contributed by atoms with van der Waals surface area (Å²) in [4.78, 5) is 18.7. The standard InChI is InChI=1S/C23H20N8/c1-14-4-2-5-19(28-14)22-16(12-27-30-22)17-6-7-18-20(29-17)10-15(11-25-18)21-13-26-23-24-8-3-9-31(21)23/h2,4-7,10-13H,3,8-9H2,1H3,(H,24,26)(H,27,30). The molecule has 31 heavy (non-hydrogen) atoms. The number of H-pyrrole nitrogens is 1. The van der Waals surface area contributed by atoms with Crippen molar-refractivity contribution >= 4 is 17.0 Å². The Morgan fingerprint density at radius 1 is 0.935 bits per heavy atom. The summed E-state index contributed by atoms with van der Waals surface area (Å²) in [7, 11) is 0. The van der Waals surface area contributed by atoms with E-state index in [0.717, 1.165) is 76.1 Å². The Kier molecular flexibility index (Phi) is 4.02. The van der Waals surface area contributed by atoms with Crippen molar-refractivity contribution in [2.45, 2.75) is 19.9 Å². The fraction of sp³-hybridized carbons (Fsp3) is 0.174. The van der Waals surface area contributed by atoms with Crippen LogP contribution in [0.5, 0.6) is 0 Å². The molecule has 0 aromatic carbocycles. The number of aryl methyl sites for hydroxylation is 1. The summed E-state index contributed by atoms with van der Waals surface area (Å²) in [6.07, 6.45) is 6.67. The number of pyridine rings is 3. The monoisotopic (exact) mass is 408 g/mol. The number of hydrogen-bond donors (Lipinski definition) is 2. The number of fused-ring (bicyclic) bond motifs is 2. The van der Waals surface area contributed by atoms with Gasteiger partial charge in [0.25, 0.3) is 0 Å². The van der Waals surface area contributed by atoms with Crippen molar-refractivity contribution in [1.82, 2.24) is 34.7 Å². The van der Waals surface area contributed by atoms with Gasteiger partial charge in [0.1, 0.15) is 0 Å². The molecule has 5 aromatic heterocycles. The predicted molar refractivity (Wildman–Crippen MR) is 119 cm³/mol. The molecule has 0 saturated carbocycles. The lowest BCUT2D eigenvalue weighted by Gasteiger charge is -2.17. The van der Waals surface area contributed by atoms with Crippen molar-refractivity contribution in [2.24, 2.45) is 0 Å². The van der Waals surface area contributed by atoms with Crippen LogP contribution in [0.2, 0.25) is 0 Å². The number of aromatic nitrogens is 7.